The van der Waals surface area contributed by atoms with Crippen molar-refractivity contribution in [3.8, 4) is 0 Å². The van der Waals surface area contributed by atoms with E-state index in [-0.39, 0.29) is 12.1 Å². The number of hydrogen-bond donors (Lipinski definition) is 2. The van der Waals surface area contributed by atoms with Crippen LogP contribution in [0.1, 0.15) is 12.8 Å². The fourth-order valence-electron chi connectivity index (χ4n) is 1.57. The molecular formula is C9H13N3O2. The Balaban J connectivity index is 1.74. The second-order valence-electron chi connectivity index (χ2n) is 3.65. The number of aliphatic hydroxyl groups excluding tert-OH is 1. The summed E-state index contributed by atoms with van der Waals surface area (Å²) in [5, 5.41) is 11.8. The van der Waals surface area contributed by atoms with Crippen molar-refractivity contribution in [2.45, 2.75) is 18.9 Å². The molecule has 0 atom stereocenters. The second-order valence-corrected chi connectivity index (χ2v) is 3.65. The first-order valence-corrected chi connectivity index (χ1v) is 4.70. The maximum absolute atomic E-state index is 11.4. The summed E-state index contributed by atoms with van der Waals surface area (Å²) in [6, 6.07) is -0.163. The van der Waals surface area contributed by atoms with Gasteiger partial charge in [0.15, 0.2) is 0 Å². The molecule has 2 N–H and O–H groups in total. The third-order valence-electron chi connectivity index (χ3n) is 2.49. The predicted octanol–water partition coefficient (Wildman–Crippen LogP) is 0.212. The van der Waals surface area contributed by atoms with Crippen LogP contribution in [-0.2, 0) is 0 Å². The first-order valence-electron chi connectivity index (χ1n) is 4.70. The zero-order chi connectivity index (χ0) is 9.97. The van der Waals surface area contributed by atoms with Gasteiger partial charge in [-0.1, -0.05) is 0 Å². The molecule has 0 aromatic carbocycles. The highest BCUT2D eigenvalue weighted by Gasteiger charge is 2.27. The molecule has 1 heterocycles. The molecule has 5 nitrogen and oxygen atoms in total. The van der Waals surface area contributed by atoms with Crippen LogP contribution in [0, 0.1) is 5.92 Å². The zero-order valence-corrected chi connectivity index (χ0v) is 7.76. The molecule has 0 unspecified atom stereocenters. The number of carbonyl (C=O) groups is 1. The lowest BCUT2D eigenvalue weighted by atomic mass is 9.82. The molecule has 1 aliphatic rings. The number of imidazole rings is 1. The quantitative estimate of drug-likeness (QED) is 0.709. The molecule has 0 saturated heterocycles. The lowest BCUT2D eigenvalue weighted by molar-refractivity contribution is 0.0441. The Hall–Kier alpha value is -1.36. The van der Waals surface area contributed by atoms with E-state index in [9.17, 15) is 4.79 Å². The van der Waals surface area contributed by atoms with Gasteiger partial charge in [0, 0.05) is 18.9 Å². The molecule has 1 aromatic heterocycles. The van der Waals surface area contributed by atoms with Crippen molar-refractivity contribution in [1.29, 1.82) is 0 Å². The maximum atomic E-state index is 11.4. The number of rotatable bonds is 2. The van der Waals surface area contributed by atoms with Gasteiger partial charge in [-0.3, -0.25) is 4.57 Å². The van der Waals surface area contributed by atoms with Gasteiger partial charge in [-0.2, -0.15) is 0 Å². The lowest BCUT2D eigenvalue weighted by Crippen LogP contribution is -2.39. The molecule has 0 radical (unpaired) electrons. The number of aromatic nitrogens is 2. The van der Waals surface area contributed by atoms with E-state index in [0.717, 1.165) is 12.8 Å². The van der Waals surface area contributed by atoms with Crippen LogP contribution in [-0.4, -0.2) is 33.3 Å². The minimum absolute atomic E-state index is 0.162. The van der Waals surface area contributed by atoms with Crippen molar-refractivity contribution in [2.75, 3.05) is 6.54 Å². The van der Waals surface area contributed by atoms with Crippen LogP contribution >= 0.6 is 0 Å². The second kappa shape index (κ2) is 3.79. The Labute approximate surface area is 81.8 Å². The van der Waals surface area contributed by atoms with Gasteiger partial charge in [0.1, 0.15) is 6.33 Å². The minimum atomic E-state index is -0.163. The average molecular weight is 195 g/mol. The number of hydrogen-bond acceptors (Lipinski definition) is 3. The first-order chi connectivity index (χ1) is 6.75. The zero-order valence-electron chi connectivity index (χ0n) is 7.76. The summed E-state index contributed by atoms with van der Waals surface area (Å²) >= 11 is 0. The van der Waals surface area contributed by atoms with Crippen LogP contribution in [0.4, 0.5) is 4.79 Å². The summed E-state index contributed by atoms with van der Waals surface area (Å²) in [7, 11) is 0. The van der Waals surface area contributed by atoms with Crippen LogP contribution in [0.2, 0.25) is 0 Å². The van der Waals surface area contributed by atoms with Gasteiger partial charge < -0.3 is 10.4 Å². The minimum Gasteiger partial charge on any atom is -0.393 e. The number of aliphatic hydroxyl groups is 1. The highest BCUT2D eigenvalue weighted by atomic mass is 16.3. The summed E-state index contributed by atoms with van der Waals surface area (Å²) < 4.78 is 1.40. The molecule has 1 saturated carbocycles. The van der Waals surface area contributed by atoms with Gasteiger partial charge >= 0.3 is 6.03 Å². The van der Waals surface area contributed by atoms with Crippen LogP contribution in [0.25, 0.3) is 0 Å². The standard InChI is InChI=1S/C9H13N3O2/c13-8-3-7(4-8)5-11-9(14)12-2-1-10-6-12/h1-2,6-8,13H,3-5H2,(H,11,14). The fourth-order valence-corrected chi connectivity index (χ4v) is 1.57. The van der Waals surface area contributed by atoms with Crippen molar-refractivity contribution in [2.24, 2.45) is 5.92 Å². The van der Waals surface area contributed by atoms with Crippen molar-refractivity contribution in [3.63, 3.8) is 0 Å². The molecule has 1 fully saturated rings. The van der Waals surface area contributed by atoms with Gasteiger partial charge in [-0.15, -0.1) is 0 Å². The number of nitrogens with zero attached hydrogens (tertiary/aromatic N) is 2. The Morgan fingerprint density at radius 3 is 3.00 bits per heavy atom. The lowest BCUT2D eigenvalue weighted by Gasteiger charge is -2.31. The van der Waals surface area contributed by atoms with E-state index >= 15 is 0 Å². The maximum Gasteiger partial charge on any atom is 0.326 e. The monoisotopic (exact) mass is 195 g/mol. The normalized spacial score (nSPS) is 25.5. The molecule has 1 amide bonds. The molecule has 1 aliphatic carbocycles. The Morgan fingerprint density at radius 2 is 2.43 bits per heavy atom. The number of amides is 1. The smallest absolute Gasteiger partial charge is 0.326 e. The van der Waals surface area contributed by atoms with E-state index in [1.54, 1.807) is 12.4 Å². The topological polar surface area (TPSA) is 67.2 Å². The van der Waals surface area contributed by atoms with E-state index in [2.05, 4.69) is 10.3 Å². The number of carbonyl (C=O) groups excluding carboxylic acids is 1. The fraction of sp³-hybridized carbons (Fsp3) is 0.556. The summed E-state index contributed by atoms with van der Waals surface area (Å²) in [5.74, 6) is 0.428. The third-order valence-corrected chi connectivity index (χ3v) is 2.49. The summed E-state index contributed by atoms with van der Waals surface area (Å²) in [6.07, 6.45) is 6.06. The Morgan fingerprint density at radius 1 is 1.64 bits per heavy atom. The van der Waals surface area contributed by atoms with E-state index in [1.165, 1.54) is 10.9 Å². The summed E-state index contributed by atoms with van der Waals surface area (Å²) in [6.45, 7) is 0.633. The average Bonchev–Trinajstić information content (AvgIpc) is 2.62. The first kappa shape index (κ1) is 9.21. The molecule has 14 heavy (non-hydrogen) atoms. The van der Waals surface area contributed by atoms with Crippen LogP contribution < -0.4 is 5.32 Å². The van der Waals surface area contributed by atoms with Gasteiger partial charge in [0.2, 0.25) is 0 Å². The van der Waals surface area contributed by atoms with Crippen molar-refractivity contribution in [3.05, 3.63) is 18.7 Å². The molecule has 2 rings (SSSR count). The van der Waals surface area contributed by atoms with Gasteiger partial charge in [0.25, 0.3) is 0 Å². The van der Waals surface area contributed by atoms with E-state index in [4.69, 9.17) is 5.11 Å². The molecule has 1 aromatic rings. The summed E-state index contributed by atoms with van der Waals surface area (Å²) in [4.78, 5) is 15.2. The van der Waals surface area contributed by atoms with E-state index in [0.29, 0.717) is 12.5 Å². The number of nitrogens with one attached hydrogen (secondary N) is 1. The van der Waals surface area contributed by atoms with E-state index in [1.807, 2.05) is 0 Å². The van der Waals surface area contributed by atoms with Crippen molar-refractivity contribution >= 4 is 6.03 Å². The van der Waals surface area contributed by atoms with E-state index < -0.39 is 0 Å². The van der Waals surface area contributed by atoms with Crippen molar-refractivity contribution in [1.82, 2.24) is 14.9 Å². The molecule has 0 spiro atoms. The molecule has 76 valence electrons. The molecule has 0 aliphatic heterocycles. The largest absolute Gasteiger partial charge is 0.393 e. The highest BCUT2D eigenvalue weighted by Crippen LogP contribution is 2.25. The van der Waals surface area contributed by atoms with Gasteiger partial charge in [-0.25, -0.2) is 9.78 Å². The third kappa shape index (κ3) is 1.93. The van der Waals surface area contributed by atoms with Crippen LogP contribution in [0.3, 0.4) is 0 Å². The summed E-state index contributed by atoms with van der Waals surface area (Å²) in [5.41, 5.74) is 0. The van der Waals surface area contributed by atoms with Gasteiger partial charge in [0.05, 0.1) is 6.10 Å². The van der Waals surface area contributed by atoms with Crippen LogP contribution in [0.5, 0.6) is 0 Å². The highest BCUT2D eigenvalue weighted by molar-refractivity contribution is 5.76. The van der Waals surface area contributed by atoms with Gasteiger partial charge in [-0.05, 0) is 18.8 Å². The Bertz CT molecular complexity index is 304. The Kier molecular flexibility index (Phi) is 2.49. The van der Waals surface area contributed by atoms with Crippen LogP contribution in [0.15, 0.2) is 18.7 Å². The molecule has 5 heteroatoms. The SMILES string of the molecule is O=C(NCC1CC(O)C1)n1ccnc1. The predicted molar refractivity (Wildman–Crippen MR) is 49.8 cm³/mol. The molecular weight excluding hydrogens is 182 g/mol. The molecule has 0 bridgehead atoms. The van der Waals surface area contributed by atoms with Crippen molar-refractivity contribution < 1.29 is 9.90 Å².